The van der Waals surface area contributed by atoms with E-state index < -0.39 is 0 Å². The number of nitrogens with zero attached hydrogens (tertiary/aromatic N) is 4. The van der Waals surface area contributed by atoms with Gasteiger partial charge in [-0.15, -0.1) is 10.2 Å². The van der Waals surface area contributed by atoms with Gasteiger partial charge < -0.3 is 15.3 Å². The summed E-state index contributed by atoms with van der Waals surface area (Å²) in [6, 6.07) is 10.6. The van der Waals surface area contributed by atoms with E-state index in [1.165, 1.54) is 12.1 Å². The highest BCUT2D eigenvalue weighted by Gasteiger charge is 2.20. The normalized spacial score (nSPS) is 11.5. The number of aryl methyl sites for hydroxylation is 1. The number of H-pyrrole nitrogens is 1. The Morgan fingerprint density at radius 3 is 2.75 bits per heavy atom. The molecule has 3 N–H and O–H groups in total. The van der Waals surface area contributed by atoms with Crippen LogP contribution in [0.3, 0.4) is 0 Å². The lowest BCUT2D eigenvalue weighted by atomic mass is 10.0. The summed E-state index contributed by atoms with van der Waals surface area (Å²) >= 11 is 3.53. The number of halogens is 2. The third-order valence-electron chi connectivity index (χ3n) is 4.81. The van der Waals surface area contributed by atoms with E-state index in [9.17, 15) is 4.39 Å². The molecule has 0 atom stereocenters. The molecule has 0 radical (unpaired) electrons. The number of aromatic nitrogens is 5. The lowest BCUT2D eigenvalue weighted by Crippen LogP contribution is -2.02. The van der Waals surface area contributed by atoms with Gasteiger partial charge in [-0.05, 0) is 36.4 Å². The Balaban J connectivity index is 1.84. The van der Waals surface area contributed by atoms with Gasteiger partial charge in [-0.25, -0.2) is 9.37 Å². The molecule has 0 bridgehead atoms. The highest BCUT2D eigenvalue weighted by atomic mass is 79.9. The molecule has 0 aliphatic carbocycles. The van der Waals surface area contributed by atoms with Crippen LogP contribution in [0.4, 0.5) is 10.3 Å². The largest absolute Gasteiger partial charge is 0.366 e. The first-order valence-corrected chi connectivity index (χ1v) is 9.33. The zero-order valence-corrected chi connectivity index (χ0v) is 16.3. The summed E-state index contributed by atoms with van der Waals surface area (Å²) in [5.74, 6) is -0.239. The van der Waals surface area contributed by atoms with Crippen LogP contribution >= 0.6 is 15.9 Å². The molecule has 8 heteroatoms. The maximum Gasteiger partial charge on any atom is 0.240 e. The van der Waals surface area contributed by atoms with Crippen molar-refractivity contribution < 1.29 is 4.39 Å². The van der Waals surface area contributed by atoms with E-state index in [1.807, 2.05) is 36.0 Å². The van der Waals surface area contributed by atoms with Gasteiger partial charge in [0.1, 0.15) is 17.2 Å². The number of nitrogens with one attached hydrogen (secondary N) is 1. The van der Waals surface area contributed by atoms with Gasteiger partial charge >= 0.3 is 0 Å². The molecule has 0 spiro atoms. The van der Waals surface area contributed by atoms with E-state index >= 15 is 0 Å². The molecule has 0 aliphatic rings. The molecule has 138 valence electrons. The minimum absolute atomic E-state index is 0.0803. The summed E-state index contributed by atoms with van der Waals surface area (Å²) in [5, 5.41) is 9.98. The molecule has 5 aromatic rings. The molecular formula is C20H14BrFN6. The Bertz CT molecular complexity index is 1370. The monoisotopic (exact) mass is 436 g/mol. The molecule has 0 saturated carbocycles. The molecule has 28 heavy (non-hydrogen) atoms. The molecule has 0 saturated heterocycles. The van der Waals surface area contributed by atoms with Crippen molar-refractivity contribution in [1.29, 1.82) is 0 Å². The van der Waals surface area contributed by atoms with Crippen LogP contribution in [0.1, 0.15) is 0 Å². The van der Waals surface area contributed by atoms with Crippen molar-refractivity contribution in [3.8, 4) is 22.5 Å². The van der Waals surface area contributed by atoms with Gasteiger partial charge in [-0.3, -0.25) is 0 Å². The van der Waals surface area contributed by atoms with Crippen molar-refractivity contribution in [2.24, 2.45) is 7.05 Å². The van der Waals surface area contributed by atoms with Gasteiger partial charge in [0.2, 0.25) is 5.95 Å². The van der Waals surface area contributed by atoms with Crippen LogP contribution in [-0.2, 0) is 7.05 Å². The molecule has 2 aromatic carbocycles. The number of nitrogen functional groups attached to an aromatic ring is 1. The van der Waals surface area contributed by atoms with E-state index in [-0.39, 0.29) is 11.8 Å². The van der Waals surface area contributed by atoms with Crippen LogP contribution in [0.2, 0.25) is 0 Å². The molecule has 0 aliphatic heterocycles. The van der Waals surface area contributed by atoms with Gasteiger partial charge in [-0.2, -0.15) is 0 Å². The number of benzene rings is 2. The molecule has 3 aromatic heterocycles. The Kier molecular flexibility index (Phi) is 3.70. The predicted octanol–water partition coefficient (Wildman–Crippen LogP) is 4.66. The summed E-state index contributed by atoms with van der Waals surface area (Å²) in [5.41, 5.74) is 10.5. The zero-order chi connectivity index (χ0) is 19.4. The van der Waals surface area contributed by atoms with Crippen molar-refractivity contribution in [2.75, 3.05) is 5.73 Å². The first kappa shape index (κ1) is 16.9. The maximum atomic E-state index is 13.9. The minimum Gasteiger partial charge on any atom is -0.366 e. The first-order chi connectivity index (χ1) is 13.5. The van der Waals surface area contributed by atoms with Crippen molar-refractivity contribution in [3.05, 3.63) is 59.1 Å². The Labute approximate surface area is 167 Å². The van der Waals surface area contributed by atoms with Gasteiger partial charge in [0.25, 0.3) is 0 Å². The summed E-state index contributed by atoms with van der Waals surface area (Å²) in [6.45, 7) is 0. The van der Waals surface area contributed by atoms with E-state index in [1.54, 1.807) is 12.3 Å². The summed E-state index contributed by atoms with van der Waals surface area (Å²) < 4.78 is 16.8. The van der Waals surface area contributed by atoms with Gasteiger partial charge in [-0.1, -0.05) is 15.9 Å². The number of fused-ring (bicyclic) bond motifs is 2. The number of hydrogen-bond acceptors (Lipinski definition) is 4. The van der Waals surface area contributed by atoms with Gasteiger partial charge in [0.05, 0.1) is 0 Å². The van der Waals surface area contributed by atoms with Crippen molar-refractivity contribution in [2.45, 2.75) is 0 Å². The molecule has 0 unspecified atom stereocenters. The third kappa shape index (κ3) is 2.56. The van der Waals surface area contributed by atoms with E-state index in [0.717, 1.165) is 32.0 Å². The fourth-order valence-corrected chi connectivity index (χ4v) is 3.91. The highest BCUT2D eigenvalue weighted by Crippen LogP contribution is 2.38. The van der Waals surface area contributed by atoms with Crippen LogP contribution in [-0.4, -0.2) is 24.7 Å². The number of hydrogen-bond donors (Lipinski definition) is 2. The summed E-state index contributed by atoms with van der Waals surface area (Å²) in [7, 11) is 1.97. The second-order valence-corrected chi connectivity index (χ2v) is 7.49. The van der Waals surface area contributed by atoms with Crippen LogP contribution in [0, 0.1) is 5.82 Å². The molecule has 0 amide bonds. The van der Waals surface area contributed by atoms with Crippen LogP contribution < -0.4 is 5.73 Å². The van der Waals surface area contributed by atoms with E-state index in [2.05, 4.69) is 36.1 Å². The summed E-state index contributed by atoms with van der Waals surface area (Å²) in [6.07, 6.45) is 3.77. The fraction of sp³-hybridized carbons (Fsp3) is 0.0500. The molecule has 3 heterocycles. The smallest absolute Gasteiger partial charge is 0.240 e. The molecule has 5 rings (SSSR count). The van der Waals surface area contributed by atoms with E-state index in [0.29, 0.717) is 16.8 Å². The lowest BCUT2D eigenvalue weighted by molar-refractivity contribution is 0.630. The topological polar surface area (TPSA) is 85.4 Å². The number of aromatic amines is 1. The molecular weight excluding hydrogens is 423 g/mol. The Morgan fingerprint density at radius 2 is 1.89 bits per heavy atom. The maximum absolute atomic E-state index is 13.9. The standard InChI is InChI=1S/C20H14BrFN6/c1-28-9-15(13-6-10(21)2-5-17(13)28)18-19(26-27-20(23)25-18)14-8-24-16-4-3-11(22)7-12(14)16/h2-9,24H,1H3,(H2,23,25,27). The predicted molar refractivity (Wildman–Crippen MR) is 111 cm³/mol. The summed E-state index contributed by atoms with van der Waals surface area (Å²) in [4.78, 5) is 7.64. The zero-order valence-electron chi connectivity index (χ0n) is 14.7. The van der Waals surface area contributed by atoms with Crippen molar-refractivity contribution >= 4 is 43.7 Å². The number of rotatable bonds is 2. The second-order valence-electron chi connectivity index (χ2n) is 6.57. The quantitative estimate of drug-likeness (QED) is 0.421. The average Bonchev–Trinajstić information content (AvgIpc) is 3.22. The van der Waals surface area contributed by atoms with Crippen LogP contribution in [0.15, 0.2) is 53.3 Å². The molecule has 0 fully saturated rings. The average molecular weight is 437 g/mol. The van der Waals surface area contributed by atoms with Crippen molar-refractivity contribution in [3.63, 3.8) is 0 Å². The highest BCUT2D eigenvalue weighted by molar-refractivity contribution is 9.10. The first-order valence-electron chi connectivity index (χ1n) is 8.53. The Morgan fingerprint density at radius 1 is 1.04 bits per heavy atom. The lowest BCUT2D eigenvalue weighted by Gasteiger charge is -2.07. The van der Waals surface area contributed by atoms with Gasteiger partial charge in [0, 0.05) is 56.8 Å². The minimum atomic E-state index is -0.319. The Hall–Kier alpha value is -3.26. The fourth-order valence-electron chi connectivity index (χ4n) is 3.55. The van der Waals surface area contributed by atoms with Crippen molar-refractivity contribution in [1.82, 2.24) is 24.7 Å². The molecule has 6 nitrogen and oxygen atoms in total. The van der Waals surface area contributed by atoms with Gasteiger partial charge in [0.15, 0.2) is 0 Å². The van der Waals surface area contributed by atoms with Crippen LogP contribution in [0.25, 0.3) is 44.3 Å². The number of nitrogens with two attached hydrogens (primary N) is 1. The SMILES string of the molecule is Cn1cc(-c2nc(N)nnc2-c2c[nH]c3ccc(F)cc23)c2cc(Br)ccc21. The third-order valence-corrected chi connectivity index (χ3v) is 5.30. The second kappa shape index (κ2) is 6.13. The number of anilines is 1. The van der Waals surface area contributed by atoms with Crippen LogP contribution in [0.5, 0.6) is 0 Å². The van der Waals surface area contributed by atoms with E-state index in [4.69, 9.17) is 5.73 Å².